The van der Waals surface area contributed by atoms with Gasteiger partial charge in [0.05, 0.1) is 0 Å². The van der Waals surface area contributed by atoms with Crippen LogP contribution in [-0.2, 0) is 17.1 Å². The van der Waals surface area contributed by atoms with E-state index < -0.39 is 0 Å². The quantitative estimate of drug-likeness (QED) is 0.542. The maximum absolute atomic E-state index is 12.1. The van der Waals surface area contributed by atoms with Gasteiger partial charge in [-0.3, -0.25) is 10.1 Å². The van der Waals surface area contributed by atoms with Crippen molar-refractivity contribution in [3.05, 3.63) is 129 Å². The van der Waals surface area contributed by atoms with Gasteiger partial charge in [-0.25, -0.2) is 0 Å². The van der Waals surface area contributed by atoms with Gasteiger partial charge in [-0.2, -0.15) is 0 Å². The third-order valence-corrected chi connectivity index (χ3v) is 4.14. The van der Waals surface area contributed by atoms with Crippen molar-refractivity contribution in [2.75, 3.05) is 5.32 Å². The van der Waals surface area contributed by atoms with E-state index in [9.17, 15) is 4.79 Å². The van der Waals surface area contributed by atoms with Crippen LogP contribution in [0.15, 0.2) is 54.6 Å². The Morgan fingerprint density at radius 3 is 2.00 bits per heavy atom. The predicted octanol–water partition coefficient (Wildman–Crippen LogP) is 4.59. The van der Waals surface area contributed by atoms with Gasteiger partial charge in [0, 0.05) is 17.2 Å². The molecule has 0 aromatic heterocycles. The standard InChI is InChI=1S/C19H15N2OS.C5H5.Fe/c22-18(15-9-2-1-3-10-15)21-19(23)20-17-12-6-11-16(13-17)14-7-4-5-8-14;1-2-4-5-3-1;/h1-13H,(H2,20,21,22,23);1-5H;/q;;+2. The molecule has 144 valence electrons. The third kappa shape index (κ3) is 7.92. The normalized spacial score (nSPS) is 15.6. The summed E-state index contributed by atoms with van der Waals surface area (Å²) in [7, 11) is 0. The summed E-state index contributed by atoms with van der Waals surface area (Å²) in [6, 6.07) is 16.9. The maximum atomic E-state index is 12.1. The van der Waals surface area contributed by atoms with E-state index in [1.165, 1.54) is 0 Å². The molecule has 2 saturated carbocycles. The Kier molecular flexibility index (Phi) is 10.4. The molecule has 2 N–H and O–H groups in total. The van der Waals surface area contributed by atoms with Crippen LogP contribution in [0.3, 0.4) is 0 Å². The van der Waals surface area contributed by atoms with Gasteiger partial charge in [0.2, 0.25) is 0 Å². The molecule has 29 heavy (non-hydrogen) atoms. The average Bonchev–Trinajstić information content (AvgIpc) is 3.45. The topological polar surface area (TPSA) is 41.1 Å². The van der Waals surface area contributed by atoms with Crippen LogP contribution in [0.1, 0.15) is 15.9 Å². The smallest absolute Gasteiger partial charge is 0.332 e. The molecule has 0 saturated heterocycles. The van der Waals surface area contributed by atoms with Crippen LogP contribution in [0.5, 0.6) is 0 Å². The van der Waals surface area contributed by atoms with Crippen LogP contribution in [0.25, 0.3) is 0 Å². The van der Waals surface area contributed by atoms with E-state index in [2.05, 4.69) is 23.5 Å². The Hall–Kier alpha value is -1.68. The second-order valence-electron chi connectivity index (χ2n) is 5.99. The fraction of sp³-hybridized carbons (Fsp3) is 0. The van der Waals surface area contributed by atoms with E-state index in [4.69, 9.17) is 12.2 Å². The minimum atomic E-state index is -0.227. The molecule has 0 heterocycles. The Morgan fingerprint density at radius 1 is 0.759 bits per heavy atom. The van der Waals surface area contributed by atoms with E-state index in [1.54, 1.807) is 12.1 Å². The van der Waals surface area contributed by atoms with Crippen LogP contribution in [0, 0.1) is 63.7 Å². The van der Waals surface area contributed by atoms with Crippen LogP contribution >= 0.6 is 12.2 Å². The molecular formula is C24H20FeN2OS+2. The zero-order valence-corrected chi connectivity index (χ0v) is 17.5. The summed E-state index contributed by atoms with van der Waals surface area (Å²) in [6.45, 7) is 0. The summed E-state index contributed by atoms with van der Waals surface area (Å²) in [5, 5.41) is 6.00. The first-order chi connectivity index (χ1) is 13.7. The monoisotopic (exact) mass is 440 g/mol. The third-order valence-electron chi connectivity index (χ3n) is 3.94. The summed E-state index contributed by atoms with van der Waals surface area (Å²) >= 11 is 5.21. The van der Waals surface area contributed by atoms with Crippen LogP contribution < -0.4 is 10.6 Å². The first-order valence-corrected chi connectivity index (χ1v) is 9.29. The molecule has 1 amide bonds. The summed E-state index contributed by atoms with van der Waals surface area (Å²) < 4.78 is 0. The fourth-order valence-corrected chi connectivity index (χ4v) is 2.80. The van der Waals surface area contributed by atoms with Crippen molar-refractivity contribution in [1.29, 1.82) is 0 Å². The molecule has 2 aromatic carbocycles. The molecule has 2 aliphatic carbocycles. The predicted molar refractivity (Wildman–Crippen MR) is 118 cm³/mol. The van der Waals surface area contributed by atoms with Crippen molar-refractivity contribution in [2.45, 2.75) is 0 Å². The summed E-state index contributed by atoms with van der Waals surface area (Å²) in [5.74, 6) is 0.920. The molecule has 2 fully saturated rings. The minimum absolute atomic E-state index is 0. The molecule has 2 aromatic rings. The van der Waals surface area contributed by atoms with Gasteiger partial charge in [0.15, 0.2) is 5.11 Å². The van der Waals surface area contributed by atoms with Gasteiger partial charge >= 0.3 is 17.1 Å². The number of anilines is 1. The molecule has 3 nitrogen and oxygen atoms in total. The molecule has 0 spiro atoms. The fourth-order valence-electron chi connectivity index (χ4n) is 2.59. The van der Waals surface area contributed by atoms with E-state index in [0.29, 0.717) is 5.56 Å². The maximum Gasteiger partial charge on any atom is 2.00 e. The van der Waals surface area contributed by atoms with Gasteiger partial charge in [-0.1, -0.05) is 30.3 Å². The molecule has 0 atom stereocenters. The largest absolute Gasteiger partial charge is 2.00 e. The Bertz CT molecular complexity index is 764. The molecule has 2 aliphatic rings. The SMILES string of the molecule is O=C(NC(=S)Nc1cccc([C]2[CH][CH][CH][CH]2)c1)c1ccccc1.[CH]1[CH][CH][CH][CH]1.[Fe+2]. The minimum Gasteiger partial charge on any atom is -0.332 e. The van der Waals surface area contributed by atoms with Crippen molar-refractivity contribution in [3.8, 4) is 0 Å². The van der Waals surface area contributed by atoms with Gasteiger partial charge in [-0.15, -0.1) is 0 Å². The van der Waals surface area contributed by atoms with Crippen LogP contribution in [0.2, 0.25) is 0 Å². The summed E-state index contributed by atoms with van der Waals surface area (Å²) in [6.07, 6.45) is 18.1. The number of nitrogens with one attached hydrogen (secondary N) is 2. The Labute approximate surface area is 190 Å². The van der Waals surface area contributed by atoms with Crippen molar-refractivity contribution < 1.29 is 21.9 Å². The zero-order valence-electron chi connectivity index (χ0n) is 15.6. The second-order valence-corrected chi connectivity index (χ2v) is 6.40. The molecular weight excluding hydrogens is 420 g/mol. The Balaban J connectivity index is 0.000000437. The van der Waals surface area contributed by atoms with E-state index >= 15 is 0 Å². The van der Waals surface area contributed by atoms with Gasteiger partial charge in [0.1, 0.15) is 0 Å². The van der Waals surface area contributed by atoms with Crippen molar-refractivity contribution in [3.63, 3.8) is 0 Å². The number of carbonyl (C=O) groups excluding carboxylic acids is 1. The first-order valence-electron chi connectivity index (χ1n) is 8.88. The number of hydrogen-bond acceptors (Lipinski definition) is 2. The van der Waals surface area contributed by atoms with Crippen molar-refractivity contribution in [2.24, 2.45) is 0 Å². The first kappa shape index (κ1) is 23.6. The Morgan fingerprint density at radius 2 is 1.38 bits per heavy atom. The van der Waals surface area contributed by atoms with Crippen molar-refractivity contribution in [1.82, 2.24) is 5.32 Å². The summed E-state index contributed by atoms with van der Waals surface area (Å²) in [5.41, 5.74) is 2.50. The van der Waals surface area contributed by atoms with Gasteiger partial charge in [-0.05, 0) is 99.8 Å². The number of rotatable bonds is 3. The van der Waals surface area contributed by atoms with Gasteiger partial charge in [0.25, 0.3) is 5.91 Å². The van der Waals surface area contributed by atoms with Gasteiger partial charge < -0.3 is 5.32 Å². The average molecular weight is 440 g/mol. The van der Waals surface area contributed by atoms with Crippen molar-refractivity contribution >= 4 is 28.9 Å². The molecule has 5 heteroatoms. The van der Waals surface area contributed by atoms with E-state index in [-0.39, 0.29) is 28.1 Å². The molecule has 0 bridgehead atoms. The molecule has 0 aliphatic heterocycles. The molecule has 0 unspecified atom stereocenters. The molecule has 10 radical (unpaired) electrons. The number of thiocarbonyl (C=S) groups is 1. The number of benzene rings is 2. The number of carbonyl (C=O) groups is 1. The van der Waals surface area contributed by atoms with E-state index in [0.717, 1.165) is 17.2 Å². The number of hydrogen-bond donors (Lipinski definition) is 2. The zero-order chi connectivity index (χ0) is 19.6. The second kappa shape index (κ2) is 12.8. The summed E-state index contributed by atoms with van der Waals surface area (Å²) in [4.78, 5) is 12.1. The molecule has 4 rings (SSSR count). The van der Waals surface area contributed by atoms with E-state index in [1.807, 2.05) is 87.4 Å². The van der Waals surface area contributed by atoms with Crippen LogP contribution in [0.4, 0.5) is 5.69 Å². The van der Waals surface area contributed by atoms with Crippen LogP contribution in [-0.4, -0.2) is 11.0 Å². The number of amides is 1.